The van der Waals surface area contributed by atoms with Gasteiger partial charge in [0.2, 0.25) is 11.8 Å². The van der Waals surface area contributed by atoms with Gasteiger partial charge in [0.1, 0.15) is 0 Å². The van der Waals surface area contributed by atoms with Crippen LogP contribution in [0.4, 0.5) is 0 Å². The lowest BCUT2D eigenvalue weighted by molar-refractivity contribution is -0.133. The van der Waals surface area contributed by atoms with E-state index in [9.17, 15) is 9.59 Å². The lowest BCUT2D eigenvalue weighted by atomic mass is 10.1. The zero-order valence-electron chi connectivity index (χ0n) is 10.2. The molecule has 2 fully saturated rings. The van der Waals surface area contributed by atoms with Crippen molar-refractivity contribution in [3.63, 3.8) is 0 Å². The van der Waals surface area contributed by atoms with Gasteiger partial charge in [0, 0.05) is 45.1 Å². The van der Waals surface area contributed by atoms with Crippen LogP contribution in [0.5, 0.6) is 0 Å². The largest absolute Gasteiger partial charge is 0.342 e. The highest BCUT2D eigenvalue weighted by atomic mass is 16.2. The van der Waals surface area contributed by atoms with E-state index in [2.05, 4.69) is 0 Å². The van der Waals surface area contributed by atoms with E-state index in [0.717, 1.165) is 32.4 Å². The van der Waals surface area contributed by atoms with Crippen LogP contribution >= 0.6 is 0 Å². The molecular weight excluding hydrogens is 218 g/mol. The number of nitrogens with zero attached hydrogens (tertiary/aromatic N) is 2. The van der Waals surface area contributed by atoms with E-state index in [-0.39, 0.29) is 17.9 Å². The molecule has 0 aliphatic carbocycles. The normalized spacial score (nSPS) is 25.5. The first kappa shape index (κ1) is 12.4. The number of likely N-dealkylation sites (tertiary alicyclic amines) is 2. The first-order valence-electron chi connectivity index (χ1n) is 6.48. The summed E-state index contributed by atoms with van der Waals surface area (Å²) in [5, 5.41) is 0. The van der Waals surface area contributed by atoms with Gasteiger partial charge in [-0.05, 0) is 19.3 Å². The number of carbonyl (C=O) groups is 2. The minimum Gasteiger partial charge on any atom is -0.342 e. The van der Waals surface area contributed by atoms with Crippen LogP contribution in [0, 0.1) is 0 Å². The fourth-order valence-corrected chi connectivity index (χ4v) is 2.57. The summed E-state index contributed by atoms with van der Waals surface area (Å²) < 4.78 is 0. The summed E-state index contributed by atoms with van der Waals surface area (Å²) in [6.45, 7) is 2.88. The van der Waals surface area contributed by atoms with Crippen LogP contribution in [0.3, 0.4) is 0 Å². The highest BCUT2D eigenvalue weighted by Crippen LogP contribution is 2.12. The summed E-state index contributed by atoms with van der Waals surface area (Å²) in [5.41, 5.74) is 5.84. The zero-order valence-corrected chi connectivity index (χ0v) is 10.2. The molecule has 2 N–H and O–H groups in total. The molecule has 0 unspecified atom stereocenters. The number of carbonyl (C=O) groups excluding carboxylic acids is 2. The van der Waals surface area contributed by atoms with E-state index < -0.39 is 0 Å². The molecule has 2 rings (SSSR count). The number of piperidine rings is 1. The number of hydrogen-bond acceptors (Lipinski definition) is 3. The molecule has 0 aromatic heterocycles. The minimum absolute atomic E-state index is 0.126. The highest BCUT2D eigenvalue weighted by molar-refractivity contribution is 5.80. The molecule has 2 amide bonds. The molecular formula is C12H21N3O2. The van der Waals surface area contributed by atoms with Gasteiger partial charge in [0.25, 0.3) is 0 Å². The monoisotopic (exact) mass is 239 g/mol. The van der Waals surface area contributed by atoms with E-state index in [4.69, 9.17) is 5.73 Å². The number of nitrogens with two attached hydrogens (primary N) is 1. The van der Waals surface area contributed by atoms with Crippen molar-refractivity contribution in [2.24, 2.45) is 5.73 Å². The van der Waals surface area contributed by atoms with Crippen LogP contribution in [0.1, 0.15) is 32.1 Å². The Balaban J connectivity index is 1.74. The van der Waals surface area contributed by atoms with Crippen molar-refractivity contribution in [3.05, 3.63) is 0 Å². The fourth-order valence-electron chi connectivity index (χ4n) is 2.57. The fraction of sp³-hybridized carbons (Fsp3) is 0.833. The van der Waals surface area contributed by atoms with Crippen molar-refractivity contribution in [1.82, 2.24) is 9.80 Å². The van der Waals surface area contributed by atoms with Crippen LogP contribution in [-0.4, -0.2) is 53.8 Å². The second-order valence-electron chi connectivity index (χ2n) is 4.98. The van der Waals surface area contributed by atoms with Gasteiger partial charge in [0.05, 0.1) is 0 Å². The Morgan fingerprint density at radius 1 is 1.35 bits per heavy atom. The molecule has 96 valence electrons. The summed E-state index contributed by atoms with van der Waals surface area (Å²) in [6, 6.07) is 0.126. The van der Waals surface area contributed by atoms with Gasteiger partial charge in [-0.2, -0.15) is 0 Å². The maximum atomic E-state index is 11.9. The molecule has 0 aromatic rings. The van der Waals surface area contributed by atoms with Crippen molar-refractivity contribution in [2.45, 2.75) is 38.1 Å². The molecule has 0 saturated carbocycles. The molecule has 0 bridgehead atoms. The Morgan fingerprint density at radius 3 is 2.82 bits per heavy atom. The maximum Gasteiger partial charge on any atom is 0.224 e. The van der Waals surface area contributed by atoms with Crippen molar-refractivity contribution in [1.29, 1.82) is 0 Å². The molecule has 2 aliphatic heterocycles. The highest BCUT2D eigenvalue weighted by Gasteiger charge is 2.24. The average Bonchev–Trinajstić information content (AvgIpc) is 2.72. The van der Waals surface area contributed by atoms with Gasteiger partial charge < -0.3 is 15.5 Å². The Morgan fingerprint density at radius 2 is 2.18 bits per heavy atom. The number of rotatable bonds is 3. The lowest BCUT2D eigenvalue weighted by Gasteiger charge is -2.31. The van der Waals surface area contributed by atoms with Gasteiger partial charge >= 0.3 is 0 Å². The Kier molecular flexibility index (Phi) is 3.99. The molecule has 17 heavy (non-hydrogen) atoms. The summed E-state index contributed by atoms with van der Waals surface area (Å²) >= 11 is 0. The molecule has 2 saturated heterocycles. The topological polar surface area (TPSA) is 66.6 Å². The zero-order chi connectivity index (χ0) is 12.3. The maximum absolute atomic E-state index is 11.9. The van der Waals surface area contributed by atoms with Crippen LogP contribution in [0.15, 0.2) is 0 Å². The SMILES string of the molecule is N[C@H]1CCCN(C(=O)CCN2CCCC2=O)C1. The van der Waals surface area contributed by atoms with Crippen LogP contribution < -0.4 is 5.73 Å². The molecule has 5 nitrogen and oxygen atoms in total. The van der Waals surface area contributed by atoms with E-state index >= 15 is 0 Å². The second kappa shape index (κ2) is 5.49. The Bertz CT molecular complexity index is 306. The van der Waals surface area contributed by atoms with Gasteiger partial charge in [-0.25, -0.2) is 0 Å². The van der Waals surface area contributed by atoms with Crippen LogP contribution in [0.25, 0.3) is 0 Å². The van der Waals surface area contributed by atoms with Gasteiger partial charge in [-0.1, -0.05) is 0 Å². The minimum atomic E-state index is 0.126. The van der Waals surface area contributed by atoms with Gasteiger partial charge in [-0.15, -0.1) is 0 Å². The average molecular weight is 239 g/mol. The summed E-state index contributed by atoms with van der Waals surface area (Å²) in [7, 11) is 0. The number of amides is 2. The summed E-state index contributed by atoms with van der Waals surface area (Å²) in [4.78, 5) is 27.0. The summed E-state index contributed by atoms with van der Waals surface area (Å²) in [5.74, 6) is 0.327. The molecule has 0 radical (unpaired) electrons. The Labute approximate surface area is 102 Å². The molecule has 0 spiro atoms. The van der Waals surface area contributed by atoms with Crippen molar-refractivity contribution < 1.29 is 9.59 Å². The molecule has 5 heteroatoms. The Hall–Kier alpha value is -1.10. The standard InChI is InChI=1S/C12H21N3O2/c13-10-3-1-7-15(9-10)12(17)5-8-14-6-2-4-11(14)16/h10H,1-9,13H2/t10-/m0/s1. The third kappa shape index (κ3) is 3.19. The molecule has 2 heterocycles. The molecule has 0 aromatic carbocycles. The van der Waals surface area contributed by atoms with Crippen LogP contribution in [-0.2, 0) is 9.59 Å². The van der Waals surface area contributed by atoms with E-state index in [1.165, 1.54) is 0 Å². The predicted octanol–water partition coefficient (Wildman–Crippen LogP) is -0.0514. The first-order valence-corrected chi connectivity index (χ1v) is 6.48. The van der Waals surface area contributed by atoms with Crippen molar-refractivity contribution in [2.75, 3.05) is 26.2 Å². The van der Waals surface area contributed by atoms with Gasteiger partial charge in [0.15, 0.2) is 0 Å². The van der Waals surface area contributed by atoms with E-state index in [1.54, 1.807) is 4.90 Å². The van der Waals surface area contributed by atoms with Gasteiger partial charge in [-0.3, -0.25) is 9.59 Å². The molecule has 2 aliphatic rings. The third-order valence-corrected chi connectivity index (χ3v) is 3.58. The van der Waals surface area contributed by atoms with Crippen LogP contribution in [0.2, 0.25) is 0 Å². The third-order valence-electron chi connectivity index (χ3n) is 3.58. The molecule has 1 atom stereocenters. The van der Waals surface area contributed by atoms with Crippen molar-refractivity contribution >= 4 is 11.8 Å². The van der Waals surface area contributed by atoms with E-state index in [1.807, 2.05) is 4.90 Å². The number of hydrogen-bond donors (Lipinski definition) is 1. The van der Waals surface area contributed by atoms with E-state index in [0.29, 0.717) is 25.9 Å². The first-order chi connectivity index (χ1) is 8.16. The second-order valence-corrected chi connectivity index (χ2v) is 4.98. The summed E-state index contributed by atoms with van der Waals surface area (Å²) in [6.07, 6.45) is 4.02. The lowest BCUT2D eigenvalue weighted by Crippen LogP contribution is -2.46. The predicted molar refractivity (Wildman–Crippen MR) is 64.2 cm³/mol. The van der Waals surface area contributed by atoms with Crippen molar-refractivity contribution in [3.8, 4) is 0 Å². The quantitative estimate of drug-likeness (QED) is 0.751. The smallest absolute Gasteiger partial charge is 0.224 e.